The molecule has 2 rings (SSSR count). The van der Waals surface area contributed by atoms with Gasteiger partial charge in [0.05, 0.1) is 5.02 Å². The van der Waals surface area contributed by atoms with Crippen molar-refractivity contribution in [1.82, 2.24) is 4.98 Å². The number of aryl methyl sites for hydroxylation is 1. The summed E-state index contributed by atoms with van der Waals surface area (Å²) >= 11 is 5.96. The van der Waals surface area contributed by atoms with Gasteiger partial charge in [0.15, 0.2) is 11.5 Å². The Bertz CT molecular complexity index is 490. The number of carbonyl (C=O) groups excluding carboxylic acids is 1. The van der Waals surface area contributed by atoms with E-state index in [1.807, 2.05) is 6.07 Å². The number of fused-ring (bicyclic) bond motifs is 1. The van der Waals surface area contributed by atoms with Crippen molar-refractivity contribution in [2.75, 3.05) is 0 Å². The van der Waals surface area contributed by atoms with E-state index in [2.05, 4.69) is 4.98 Å². The zero-order chi connectivity index (χ0) is 10.1. The highest BCUT2D eigenvalue weighted by molar-refractivity contribution is 6.34. The van der Waals surface area contributed by atoms with E-state index in [-0.39, 0.29) is 0 Å². The van der Waals surface area contributed by atoms with Crippen LogP contribution in [0.25, 0.3) is 11.1 Å². The summed E-state index contributed by atoms with van der Waals surface area (Å²) in [6.45, 7) is 1.76. The highest BCUT2D eigenvalue weighted by Crippen LogP contribution is 2.25. The molecule has 1 heterocycles. The van der Waals surface area contributed by atoms with E-state index in [9.17, 15) is 4.79 Å². The van der Waals surface area contributed by atoms with Gasteiger partial charge in [0.25, 0.3) is 0 Å². The highest BCUT2D eigenvalue weighted by Gasteiger charge is 2.08. The first-order valence-electron chi connectivity index (χ1n) is 4.20. The van der Waals surface area contributed by atoms with Crippen molar-refractivity contribution in [2.24, 2.45) is 0 Å². The van der Waals surface area contributed by atoms with Crippen LogP contribution in [0.15, 0.2) is 16.5 Å². The number of oxazole rings is 1. The average molecular weight is 210 g/mol. The van der Waals surface area contributed by atoms with Gasteiger partial charge in [-0.1, -0.05) is 11.6 Å². The second-order valence-electron chi connectivity index (χ2n) is 3.03. The van der Waals surface area contributed by atoms with Crippen molar-refractivity contribution in [3.8, 4) is 0 Å². The maximum atomic E-state index is 10.3. The van der Waals surface area contributed by atoms with Crippen molar-refractivity contribution < 1.29 is 9.21 Å². The molecule has 0 bridgehead atoms. The summed E-state index contributed by atoms with van der Waals surface area (Å²) in [7, 11) is 0. The van der Waals surface area contributed by atoms with Gasteiger partial charge in [0.1, 0.15) is 11.8 Å². The predicted molar refractivity (Wildman–Crippen MR) is 53.5 cm³/mol. The molecule has 72 valence electrons. The Morgan fingerprint density at radius 3 is 3.07 bits per heavy atom. The van der Waals surface area contributed by atoms with Crippen LogP contribution in [0, 0.1) is 6.92 Å². The first-order valence-corrected chi connectivity index (χ1v) is 4.57. The lowest BCUT2D eigenvalue weighted by molar-refractivity contribution is -0.107. The third kappa shape index (κ3) is 1.51. The third-order valence-corrected chi connectivity index (χ3v) is 2.21. The fourth-order valence-electron chi connectivity index (χ4n) is 1.37. The van der Waals surface area contributed by atoms with Crippen LogP contribution in [0.3, 0.4) is 0 Å². The molecule has 0 aliphatic carbocycles. The van der Waals surface area contributed by atoms with Crippen molar-refractivity contribution in [3.63, 3.8) is 0 Å². The smallest absolute Gasteiger partial charge is 0.192 e. The molecular formula is C10H8ClNO2. The maximum absolute atomic E-state index is 10.3. The molecular weight excluding hydrogens is 202 g/mol. The standard InChI is InChI=1S/C10H8ClNO2/c1-6-12-9-5-7(2-3-13)4-8(11)10(9)14-6/h3-5H,2H2,1H3. The van der Waals surface area contributed by atoms with Gasteiger partial charge in [0, 0.05) is 13.3 Å². The molecule has 0 amide bonds. The van der Waals surface area contributed by atoms with Crippen LogP contribution >= 0.6 is 11.6 Å². The van der Waals surface area contributed by atoms with Gasteiger partial charge in [-0.3, -0.25) is 0 Å². The minimum absolute atomic E-state index is 0.349. The minimum atomic E-state index is 0.349. The molecule has 0 N–H and O–H groups in total. The molecule has 1 aromatic carbocycles. The fourth-order valence-corrected chi connectivity index (χ4v) is 1.65. The molecule has 0 fully saturated rings. The zero-order valence-electron chi connectivity index (χ0n) is 7.58. The van der Waals surface area contributed by atoms with E-state index in [1.165, 1.54) is 0 Å². The van der Waals surface area contributed by atoms with Gasteiger partial charge in [0.2, 0.25) is 0 Å². The minimum Gasteiger partial charge on any atom is -0.439 e. The summed E-state index contributed by atoms with van der Waals surface area (Å²) < 4.78 is 5.30. The lowest BCUT2D eigenvalue weighted by Crippen LogP contribution is -1.85. The zero-order valence-corrected chi connectivity index (χ0v) is 8.34. The Kier molecular flexibility index (Phi) is 2.25. The molecule has 2 aromatic rings. The Morgan fingerprint density at radius 1 is 1.57 bits per heavy atom. The number of rotatable bonds is 2. The molecule has 0 atom stereocenters. The average Bonchev–Trinajstić information content (AvgIpc) is 2.47. The molecule has 0 saturated carbocycles. The molecule has 1 aromatic heterocycles. The number of nitrogens with zero attached hydrogens (tertiary/aromatic N) is 1. The maximum Gasteiger partial charge on any atom is 0.192 e. The lowest BCUT2D eigenvalue weighted by atomic mass is 10.1. The van der Waals surface area contributed by atoms with Crippen molar-refractivity contribution in [1.29, 1.82) is 0 Å². The number of aromatic nitrogens is 1. The largest absolute Gasteiger partial charge is 0.439 e. The van der Waals surface area contributed by atoms with Crippen LogP contribution in [0.2, 0.25) is 5.02 Å². The molecule has 0 aliphatic rings. The molecule has 14 heavy (non-hydrogen) atoms. The number of aldehydes is 1. The Balaban J connectivity index is 2.64. The summed E-state index contributed by atoms with van der Waals surface area (Å²) in [5.41, 5.74) is 2.14. The first kappa shape index (κ1) is 9.21. The number of hydrogen-bond donors (Lipinski definition) is 0. The molecule has 0 saturated heterocycles. The van der Waals surface area contributed by atoms with Crippen LogP contribution in [-0.4, -0.2) is 11.3 Å². The fraction of sp³-hybridized carbons (Fsp3) is 0.200. The molecule has 0 spiro atoms. The predicted octanol–water partition coefficient (Wildman–Crippen LogP) is 2.53. The lowest BCUT2D eigenvalue weighted by Gasteiger charge is -1.96. The van der Waals surface area contributed by atoms with Gasteiger partial charge in [-0.05, 0) is 17.7 Å². The van der Waals surface area contributed by atoms with Crippen LogP contribution in [0.1, 0.15) is 11.5 Å². The monoisotopic (exact) mass is 209 g/mol. The quantitative estimate of drug-likeness (QED) is 0.714. The van der Waals surface area contributed by atoms with Crippen LogP contribution < -0.4 is 0 Å². The summed E-state index contributed by atoms with van der Waals surface area (Å²) in [6, 6.07) is 3.54. The summed E-state index contributed by atoms with van der Waals surface area (Å²) in [5, 5.41) is 0.500. The van der Waals surface area contributed by atoms with Crippen LogP contribution in [0.4, 0.5) is 0 Å². The van der Waals surface area contributed by atoms with E-state index in [1.54, 1.807) is 13.0 Å². The normalized spacial score (nSPS) is 10.7. The van der Waals surface area contributed by atoms with Gasteiger partial charge in [-0.15, -0.1) is 0 Å². The number of halogens is 1. The van der Waals surface area contributed by atoms with Crippen molar-refractivity contribution >= 4 is 29.0 Å². The van der Waals surface area contributed by atoms with Gasteiger partial charge in [-0.2, -0.15) is 0 Å². The van der Waals surface area contributed by atoms with Gasteiger partial charge >= 0.3 is 0 Å². The second-order valence-corrected chi connectivity index (χ2v) is 3.44. The topological polar surface area (TPSA) is 43.1 Å². The first-order chi connectivity index (χ1) is 6.70. The van der Waals surface area contributed by atoms with Gasteiger partial charge in [-0.25, -0.2) is 4.98 Å². The molecule has 3 nitrogen and oxygen atoms in total. The Hall–Kier alpha value is -1.35. The van der Waals surface area contributed by atoms with Crippen LogP contribution in [0.5, 0.6) is 0 Å². The van der Waals surface area contributed by atoms with Gasteiger partial charge < -0.3 is 9.21 Å². The van der Waals surface area contributed by atoms with Crippen molar-refractivity contribution in [2.45, 2.75) is 13.3 Å². The van der Waals surface area contributed by atoms with E-state index < -0.39 is 0 Å². The molecule has 0 unspecified atom stereocenters. The van der Waals surface area contributed by atoms with Crippen LogP contribution in [-0.2, 0) is 11.2 Å². The Labute approximate surface area is 85.7 Å². The molecule has 0 radical (unpaired) electrons. The SMILES string of the molecule is Cc1nc2cc(CC=O)cc(Cl)c2o1. The van der Waals surface area contributed by atoms with E-state index in [4.69, 9.17) is 16.0 Å². The second kappa shape index (κ2) is 3.42. The third-order valence-electron chi connectivity index (χ3n) is 1.93. The summed E-state index contributed by atoms with van der Waals surface area (Å²) in [5.74, 6) is 0.574. The highest BCUT2D eigenvalue weighted by atomic mass is 35.5. The van der Waals surface area contributed by atoms with Crippen molar-refractivity contribution in [3.05, 3.63) is 28.6 Å². The number of benzene rings is 1. The van der Waals surface area contributed by atoms with E-state index in [0.717, 1.165) is 11.8 Å². The summed E-state index contributed by atoms with van der Waals surface area (Å²) in [6.07, 6.45) is 1.19. The molecule has 0 aliphatic heterocycles. The number of carbonyl (C=O) groups is 1. The number of hydrogen-bond acceptors (Lipinski definition) is 3. The van der Waals surface area contributed by atoms with E-state index in [0.29, 0.717) is 28.4 Å². The molecule has 4 heteroatoms. The Morgan fingerprint density at radius 2 is 2.36 bits per heavy atom. The summed E-state index contributed by atoms with van der Waals surface area (Å²) in [4.78, 5) is 14.5. The van der Waals surface area contributed by atoms with E-state index >= 15 is 0 Å².